The molecule has 0 aliphatic heterocycles. The average molecular weight is 329 g/mol. The zero-order chi connectivity index (χ0) is 15.1. The van der Waals surface area contributed by atoms with E-state index in [1.54, 1.807) is 11.3 Å². The van der Waals surface area contributed by atoms with Gasteiger partial charge in [-0.15, -0.1) is 0 Å². The minimum atomic E-state index is -0.628. The summed E-state index contributed by atoms with van der Waals surface area (Å²) < 4.78 is 0. The number of aliphatic hydroxyl groups excluding tert-OH is 1. The van der Waals surface area contributed by atoms with Gasteiger partial charge in [0, 0.05) is 17.8 Å². The number of nitrogens with one attached hydrogen (secondary N) is 2. The van der Waals surface area contributed by atoms with E-state index in [4.69, 9.17) is 0 Å². The molecule has 1 fully saturated rings. The highest BCUT2D eigenvalue weighted by molar-refractivity contribution is 7.99. The van der Waals surface area contributed by atoms with Crippen molar-refractivity contribution in [1.29, 1.82) is 0 Å². The Kier molecular flexibility index (Phi) is 6.86. The molecule has 3 N–H and O–H groups in total. The standard InChI is InChI=1S/C15H24N2O2S2/c1-2-21-13-5-3-4-12(8-13)17-15(19)16-9-14(18)11-6-7-20-10-11/h6-7,10,12-14,18H,2-5,8-9H2,1H3,(H2,16,17,19)/t12-,13-,14-/m1/s1. The monoisotopic (exact) mass is 328 g/mol. The normalized spacial score (nSPS) is 23.5. The fraction of sp³-hybridized carbons (Fsp3) is 0.667. The number of thiophene rings is 1. The number of rotatable bonds is 6. The predicted molar refractivity (Wildman–Crippen MR) is 90.0 cm³/mol. The number of thioether (sulfide) groups is 1. The number of carbonyl (C=O) groups is 1. The maximum Gasteiger partial charge on any atom is 0.315 e. The first-order valence-corrected chi connectivity index (χ1v) is 9.54. The van der Waals surface area contributed by atoms with Crippen LogP contribution in [0.5, 0.6) is 0 Å². The molecule has 3 atom stereocenters. The van der Waals surface area contributed by atoms with Crippen molar-refractivity contribution in [3.05, 3.63) is 22.4 Å². The lowest BCUT2D eigenvalue weighted by atomic mass is 9.95. The summed E-state index contributed by atoms with van der Waals surface area (Å²) in [6.07, 6.45) is 3.92. The number of hydrogen-bond donors (Lipinski definition) is 3. The molecular formula is C15H24N2O2S2. The van der Waals surface area contributed by atoms with Crippen LogP contribution in [0, 0.1) is 0 Å². The van der Waals surface area contributed by atoms with Crippen LogP contribution in [-0.2, 0) is 0 Å². The maximum absolute atomic E-state index is 11.9. The van der Waals surface area contributed by atoms with Gasteiger partial charge in [0.2, 0.25) is 0 Å². The smallest absolute Gasteiger partial charge is 0.315 e. The van der Waals surface area contributed by atoms with Crippen LogP contribution < -0.4 is 10.6 Å². The Balaban J connectivity index is 1.69. The van der Waals surface area contributed by atoms with Crippen LogP contribution in [0.15, 0.2) is 16.8 Å². The number of urea groups is 1. The summed E-state index contributed by atoms with van der Waals surface area (Å²) in [7, 11) is 0. The van der Waals surface area contributed by atoms with E-state index in [0.717, 1.165) is 24.2 Å². The molecule has 0 saturated heterocycles. The molecule has 21 heavy (non-hydrogen) atoms. The van der Waals surface area contributed by atoms with E-state index in [-0.39, 0.29) is 18.6 Å². The van der Waals surface area contributed by atoms with Crippen molar-refractivity contribution in [2.45, 2.75) is 50.0 Å². The maximum atomic E-state index is 11.9. The fourth-order valence-electron chi connectivity index (χ4n) is 2.67. The molecular weight excluding hydrogens is 304 g/mol. The third kappa shape index (κ3) is 5.52. The molecule has 0 bridgehead atoms. The van der Waals surface area contributed by atoms with Gasteiger partial charge in [0.05, 0.1) is 6.10 Å². The lowest BCUT2D eigenvalue weighted by Gasteiger charge is -2.29. The van der Waals surface area contributed by atoms with Crippen LogP contribution in [0.4, 0.5) is 4.79 Å². The highest BCUT2D eigenvalue weighted by Crippen LogP contribution is 2.28. The lowest BCUT2D eigenvalue weighted by molar-refractivity contribution is 0.172. The van der Waals surface area contributed by atoms with E-state index < -0.39 is 6.10 Å². The molecule has 2 rings (SSSR count). The Hall–Kier alpha value is -0.720. The summed E-state index contributed by atoms with van der Waals surface area (Å²) in [4.78, 5) is 11.9. The number of aliphatic hydroxyl groups is 1. The molecule has 0 spiro atoms. The van der Waals surface area contributed by atoms with Gasteiger partial charge in [0.1, 0.15) is 0 Å². The first kappa shape index (κ1) is 16.6. The second kappa shape index (κ2) is 8.66. The van der Waals surface area contributed by atoms with Gasteiger partial charge in [-0.3, -0.25) is 0 Å². The van der Waals surface area contributed by atoms with Crippen molar-refractivity contribution in [3.63, 3.8) is 0 Å². The molecule has 118 valence electrons. The van der Waals surface area contributed by atoms with Crippen LogP contribution in [0.1, 0.15) is 44.3 Å². The van der Waals surface area contributed by atoms with Crippen molar-refractivity contribution in [1.82, 2.24) is 10.6 Å². The van der Waals surface area contributed by atoms with Crippen molar-refractivity contribution >= 4 is 29.1 Å². The summed E-state index contributed by atoms with van der Waals surface area (Å²) in [5.74, 6) is 1.14. The second-order valence-electron chi connectivity index (χ2n) is 5.37. The summed E-state index contributed by atoms with van der Waals surface area (Å²) in [6, 6.07) is 1.97. The Morgan fingerprint density at radius 3 is 3.14 bits per heavy atom. The Labute approximate surface area is 134 Å². The molecule has 1 aliphatic rings. The van der Waals surface area contributed by atoms with Gasteiger partial charge in [-0.05, 0) is 47.4 Å². The summed E-state index contributed by atoms with van der Waals surface area (Å²) in [5.41, 5.74) is 0.859. The van der Waals surface area contributed by atoms with E-state index >= 15 is 0 Å². The predicted octanol–water partition coefficient (Wildman–Crippen LogP) is 3.15. The van der Waals surface area contributed by atoms with E-state index in [9.17, 15) is 9.90 Å². The Morgan fingerprint density at radius 2 is 2.43 bits per heavy atom. The van der Waals surface area contributed by atoms with Crippen molar-refractivity contribution in [3.8, 4) is 0 Å². The van der Waals surface area contributed by atoms with Crippen LogP contribution in [0.2, 0.25) is 0 Å². The van der Waals surface area contributed by atoms with Gasteiger partial charge in [0.25, 0.3) is 0 Å². The molecule has 1 saturated carbocycles. The fourth-order valence-corrected chi connectivity index (χ4v) is 4.55. The Bertz CT molecular complexity index is 423. The molecule has 2 amide bonds. The molecule has 1 aromatic rings. The minimum absolute atomic E-state index is 0.170. The average Bonchev–Trinajstić information content (AvgIpc) is 3.00. The highest BCUT2D eigenvalue weighted by atomic mass is 32.2. The molecule has 1 heterocycles. The van der Waals surface area contributed by atoms with Crippen LogP contribution in [0.25, 0.3) is 0 Å². The molecule has 0 radical (unpaired) electrons. The van der Waals surface area contributed by atoms with Crippen molar-refractivity contribution < 1.29 is 9.90 Å². The van der Waals surface area contributed by atoms with E-state index in [1.165, 1.54) is 12.8 Å². The van der Waals surface area contributed by atoms with Crippen LogP contribution in [-0.4, -0.2) is 34.7 Å². The zero-order valence-electron chi connectivity index (χ0n) is 12.4. The van der Waals surface area contributed by atoms with Gasteiger partial charge in [0.15, 0.2) is 0 Å². The van der Waals surface area contributed by atoms with Crippen LogP contribution >= 0.6 is 23.1 Å². The molecule has 4 nitrogen and oxygen atoms in total. The SMILES string of the molecule is CCS[C@@H]1CCC[C@@H](NC(=O)NC[C@@H](O)c2ccsc2)C1. The third-order valence-electron chi connectivity index (χ3n) is 3.75. The van der Waals surface area contributed by atoms with E-state index in [0.29, 0.717) is 5.25 Å². The number of amides is 2. The highest BCUT2D eigenvalue weighted by Gasteiger charge is 2.23. The van der Waals surface area contributed by atoms with E-state index in [2.05, 4.69) is 17.6 Å². The zero-order valence-corrected chi connectivity index (χ0v) is 14.0. The Morgan fingerprint density at radius 1 is 1.57 bits per heavy atom. The molecule has 0 unspecified atom stereocenters. The summed E-state index contributed by atoms with van der Waals surface area (Å²) in [6.45, 7) is 2.43. The number of carbonyl (C=O) groups excluding carboxylic acids is 1. The summed E-state index contributed by atoms with van der Waals surface area (Å²) >= 11 is 3.53. The van der Waals surface area contributed by atoms with Gasteiger partial charge in [-0.1, -0.05) is 13.3 Å². The van der Waals surface area contributed by atoms with Gasteiger partial charge in [-0.2, -0.15) is 23.1 Å². The summed E-state index contributed by atoms with van der Waals surface area (Å²) in [5, 5.41) is 20.2. The molecule has 0 aromatic carbocycles. The van der Waals surface area contributed by atoms with Crippen molar-refractivity contribution in [2.75, 3.05) is 12.3 Å². The second-order valence-corrected chi connectivity index (χ2v) is 7.73. The van der Waals surface area contributed by atoms with E-state index in [1.807, 2.05) is 28.6 Å². The lowest BCUT2D eigenvalue weighted by Crippen LogP contribution is -2.45. The minimum Gasteiger partial charge on any atom is -0.387 e. The van der Waals surface area contributed by atoms with Crippen LogP contribution in [0.3, 0.4) is 0 Å². The first-order chi connectivity index (χ1) is 10.2. The number of hydrogen-bond acceptors (Lipinski definition) is 4. The third-order valence-corrected chi connectivity index (χ3v) is 5.68. The van der Waals surface area contributed by atoms with Crippen molar-refractivity contribution in [2.24, 2.45) is 0 Å². The first-order valence-electron chi connectivity index (χ1n) is 7.55. The van der Waals surface area contributed by atoms with Gasteiger partial charge < -0.3 is 15.7 Å². The molecule has 1 aromatic heterocycles. The molecule has 1 aliphatic carbocycles. The topological polar surface area (TPSA) is 61.4 Å². The quantitative estimate of drug-likeness (QED) is 0.752. The van der Waals surface area contributed by atoms with Gasteiger partial charge in [-0.25, -0.2) is 4.79 Å². The molecule has 6 heteroatoms. The largest absolute Gasteiger partial charge is 0.387 e. The van der Waals surface area contributed by atoms with Gasteiger partial charge >= 0.3 is 6.03 Å².